The summed E-state index contributed by atoms with van der Waals surface area (Å²) in [5.74, 6) is 1.92. The van der Waals surface area contributed by atoms with Crippen LogP contribution in [0.3, 0.4) is 0 Å². The first kappa shape index (κ1) is 22.0. The van der Waals surface area contributed by atoms with Gasteiger partial charge in [0.15, 0.2) is 5.82 Å². The van der Waals surface area contributed by atoms with Crippen LogP contribution in [-0.4, -0.2) is 50.9 Å². The van der Waals surface area contributed by atoms with Crippen molar-refractivity contribution in [3.8, 4) is 5.75 Å². The number of hydrogen-bond donors (Lipinski definition) is 2. The number of amides is 1. The van der Waals surface area contributed by atoms with E-state index in [0.717, 1.165) is 49.5 Å². The quantitative estimate of drug-likeness (QED) is 0.590. The fourth-order valence-electron chi connectivity index (χ4n) is 5.39. The highest BCUT2D eigenvalue weighted by molar-refractivity contribution is 5.79. The lowest BCUT2D eigenvalue weighted by molar-refractivity contribution is -0.120. The van der Waals surface area contributed by atoms with E-state index < -0.39 is 6.10 Å². The number of carbonyl (C=O) groups excluding carboxylic acids is 1. The van der Waals surface area contributed by atoms with Crippen LogP contribution in [0.5, 0.6) is 5.75 Å². The first-order valence-electron chi connectivity index (χ1n) is 12.3. The lowest BCUT2D eigenvalue weighted by atomic mass is 9.81. The number of hydrogen-bond acceptors (Lipinski definition) is 7. The largest absolute Gasteiger partial charge is 0.487 e. The SMILES string of the molecule is O=C(Cc1ccc(N2CCC3(CC2)CC(O)c2ccccc2O3)nn1)NC1CC1c1cccnc1. The van der Waals surface area contributed by atoms with E-state index in [4.69, 9.17) is 4.74 Å². The fraction of sp³-hybridized carbons (Fsp3) is 0.407. The zero-order valence-corrected chi connectivity index (χ0v) is 19.5. The molecule has 1 amide bonds. The van der Waals surface area contributed by atoms with Gasteiger partial charge in [0.25, 0.3) is 0 Å². The maximum absolute atomic E-state index is 12.5. The summed E-state index contributed by atoms with van der Waals surface area (Å²) in [5.41, 5.74) is 2.36. The molecule has 0 bridgehead atoms. The molecular weight excluding hydrogens is 442 g/mol. The van der Waals surface area contributed by atoms with Gasteiger partial charge < -0.3 is 20.1 Å². The first-order chi connectivity index (χ1) is 17.1. The predicted molar refractivity (Wildman–Crippen MR) is 130 cm³/mol. The Morgan fingerprint density at radius 3 is 2.74 bits per heavy atom. The minimum absolute atomic E-state index is 0.0309. The van der Waals surface area contributed by atoms with Crippen LogP contribution in [0.15, 0.2) is 60.9 Å². The lowest BCUT2D eigenvalue weighted by Gasteiger charge is -2.46. The van der Waals surface area contributed by atoms with Crippen LogP contribution in [0.2, 0.25) is 0 Å². The van der Waals surface area contributed by atoms with Crippen molar-refractivity contribution in [2.24, 2.45) is 0 Å². The molecule has 1 aliphatic carbocycles. The molecule has 2 fully saturated rings. The number of aromatic nitrogens is 3. The molecule has 3 aliphatic rings. The molecule has 8 heteroatoms. The lowest BCUT2D eigenvalue weighted by Crippen LogP contribution is -2.50. The summed E-state index contributed by atoms with van der Waals surface area (Å²) < 4.78 is 6.38. The van der Waals surface area contributed by atoms with Crippen LogP contribution in [0.1, 0.15) is 54.5 Å². The van der Waals surface area contributed by atoms with Crippen molar-refractivity contribution in [2.75, 3.05) is 18.0 Å². The van der Waals surface area contributed by atoms with E-state index in [0.29, 0.717) is 18.0 Å². The van der Waals surface area contributed by atoms with Crippen molar-refractivity contribution in [3.05, 3.63) is 77.7 Å². The molecule has 2 N–H and O–H groups in total. The molecule has 180 valence electrons. The van der Waals surface area contributed by atoms with Gasteiger partial charge in [0.05, 0.1) is 18.2 Å². The summed E-state index contributed by atoms with van der Waals surface area (Å²) in [5, 5.41) is 22.4. The molecule has 3 atom stereocenters. The molecule has 6 rings (SSSR count). The van der Waals surface area contributed by atoms with Crippen molar-refractivity contribution in [2.45, 2.75) is 55.8 Å². The molecule has 0 radical (unpaired) electrons. The van der Waals surface area contributed by atoms with Gasteiger partial charge in [-0.2, -0.15) is 5.10 Å². The molecular formula is C27H29N5O3. The van der Waals surface area contributed by atoms with E-state index in [1.165, 1.54) is 5.56 Å². The highest BCUT2D eigenvalue weighted by Crippen LogP contribution is 2.44. The van der Waals surface area contributed by atoms with Crippen LogP contribution in [0.25, 0.3) is 0 Å². The number of fused-ring (bicyclic) bond motifs is 1. The summed E-state index contributed by atoms with van der Waals surface area (Å²) in [4.78, 5) is 18.8. The highest BCUT2D eigenvalue weighted by atomic mass is 16.5. The zero-order chi connectivity index (χ0) is 23.8. The third-order valence-electron chi connectivity index (χ3n) is 7.47. The molecule has 1 saturated carbocycles. The van der Waals surface area contributed by atoms with Crippen molar-refractivity contribution in [1.29, 1.82) is 0 Å². The van der Waals surface area contributed by atoms with Crippen LogP contribution >= 0.6 is 0 Å². The number of aliphatic hydroxyl groups is 1. The number of carbonyl (C=O) groups is 1. The predicted octanol–water partition coefficient (Wildman–Crippen LogP) is 2.94. The summed E-state index contributed by atoms with van der Waals surface area (Å²) in [7, 11) is 0. The maximum atomic E-state index is 12.5. The standard InChI is InChI=1S/C27H29N5O3/c33-23-16-27(35-24-6-2-1-5-20(23)24)9-12-32(13-10-27)25-8-7-19(30-31-25)14-26(34)29-22-15-21(22)18-4-3-11-28-17-18/h1-8,11,17,21-23,33H,9-10,12-16H2,(H,29,34). The smallest absolute Gasteiger partial charge is 0.226 e. The van der Waals surface area contributed by atoms with Gasteiger partial charge >= 0.3 is 0 Å². The van der Waals surface area contributed by atoms with E-state index in [1.807, 2.05) is 48.7 Å². The average molecular weight is 472 g/mol. The Kier molecular flexibility index (Phi) is 5.60. The van der Waals surface area contributed by atoms with Crippen molar-refractivity contribution in [3.63, 3.8) is 0 Å². The summed E-state index contributed by atoms with van der Waals surface area (Å²) in [6.45, 7) is 1.56. The average Bonchev–Trinajstić information content (AvgIpc) is 3.64. The topological polar surface area (TPSA) is 100 Å². The Morgan fingerprint density at radius 1 is 1.11 bits per heavy atom. The third-order valence-corrected chi connectivity index (χ3v) is 7.47. The number of para-hydroxylation sites is 1. The highest BCUT2D eigenvalue weighted by Gasteiger charge is 2.43. The van der Waals surface area contributed by atoms with E-state index in [2.05, 4.69) is 31.5 Å². The Bertz CT molecular complexity index is 1190. The number of nitrogens with one attached hydrogen (secondary N) is 1. The normalized spacial score (nSPS) is 24.4. The number of nitrogens with zero attached hydrogens (tertiary/aromatic N) is 4. The van der Waals surface area contributed by atoms with Gasteiger partial charge in [0.1, 0.15) is 11.4 Å². The maximum Gasteiger partial charge on any atom is 0.226 e. The Morgan fingerprint density at radius 2 is 1.97 bits per heavy atom. The van der Waals surface area contributed by atoms with E-state index >= 15 is 0 Å². The number of ether oxygens (including phenoxy) is 1. The number of aliphatic hydroxyl groups excluding tert-OH is 1. The Hall–Kier alpha value is -3.52. The number of pyridine rings is 1. The number of benzene rings is 1. The van der Waals surface area contributed by atoms with Gasteiger partial charge in [0.2, 0.25) is 5.91 Å². The molecule has 35 heavy (non-hydrogen) atoms. The van der Waals surface area contributed by atoms with E-state index in [9.17, 15) is 9.90 Å². The van der Waals surface area contributed by atoms with Crippen molar-refractivity contribution in [1.82, 2.24) is 20.5 Å². The van der Waals surface area contributed by atoms with Crippen LogP contribution in [0.4, 0.5) is 5.82 Å². The van der Waals surface area contributed by atoms with Crippen LogP contribution < -0.4 is 15.0 Å². The van der Waals surface area contributed by atoms with Gasteiger partial charge in [-0.15, -0.1) is 5.10 Å². The van der Waals surface area contributed by atoms with Gasteiger partial charge in [-0.25, -0.2) is 0 Å². The Labute approximate surface area is 204 Å². The second-order valence-corrected chi connectivity index (χ2v) is 9.89. The molecule has 2 aromatic heterocycles. The zero-order valence-electron chi connectivity index (χ0n) is 19.5. The molecule has 4 heterocycles. The number of rotatable bonds is 5. The summed E-state index contributed by atoms with van der Waals surface area (Å²) >= 11 is 0. The molecule has 1 aromatic carbocycles. The molecule has 8 nitrogen and oxygen atoms in total. The summed E-state index contributed by atoms with van der Waals surface area (Å²) in [6.07, 6.45) is 6.53. The molecule has 3 unspecified atom stereocenters. The van der Waals surface area contributed by atoms with E-state index in [-0.39, 0.29) is 24.0 Å². The molecule has 1 spiro atoms. The van der Waals surface area contributed by atoms with Crippen LogP contribution in [0, 0.1) is 0 Å². The number of piperidine rings is 1. The van der Waals surface area contributed by atoms with Gasteiger partial charge in [-0.3, -0.25) is 9.78 Å². The third kappa shape index (κ3) is 4.58. The Balaban J connectivity index is 1.01. The molecule has 1 saturated heterocycles. The molecule has 3 aromatic rings. The second kappa shape index (κ2) is 8.92. The molecule has 2 aliphatic heterocycles. The first-order valence-corrected chi connectivity index (χ1v) is 12.3. The van der Waals surface area contributed by atoms with Gasteiger partial charge in [-0.1, -0.05) is 24.3 Å². The fourth-order valence-corrected chi connectivity index (χ4v) is 5.39. The monoisotopic (exact) mass is 471 g/mol. The summed E-state index contributed by atoms with van der Waals surface area (Å²) in [6, 6.07) is 15.7. The second-order valence-electron chi connectivity index (χ2n) is 9.89. The minimum atomic E-state index is -0.494. The minimum Gasteiger partial charge on any atom is -0.487 e. The van der Waals surface area contributed by atoms with Gasteiger partial charge in [-0.05, 0) is 36.2 Å². The van der Waals surface area contributed by atoms with Gasteiger partial charge in [0, 0.05) is 62.3 Å². The van der Waals surface area contributed by atoms with E-state index in [1.54, 1.807) is 6.20 Å². The van der Waals surface area contributed by atoms with Crippen molar-refractivity contribution < 1.29 is 14.6 Å². The van der Waals surface area contributed by atoms with Crippen molar-refractivity contribution >= 4 is 11.7 Å². The number of anilines is 1. The van der Waals surface area contributed by atoms with Crippen LogP contribution in [-0.2, 0) is 11.2 Å².